The fraction of sp³-hybridized carbons (Fsp3) is 0.412. The predicted octanol–water partition coefficient (Wildman–Crippen LogP) is 3.88. The molecule has 3 rings (SSSR count). The Labute approximate surface area is 129 Å². The van der Waals surface area contributed by atoms with Crippen LogP contribution in [0.15, 0.2) is 22.7 Å². The van der Waals surface area contributed by atoms with Gasteiger partial charge in [-0.25, -0.2) is 4.98 Å². The van der Waals surface area contributed by atoms with Gasteiger partial charge in [0.05, 0.1) is 22.8 Å². The molecule has 2 aromatic heterocycles. The average Bonchev–Trinajstić information content (AvgIpc) is 3.01. The van der Waals surface area contributed by atoms with Crippen LogP contribution in [0.5, 0.6) is 0 Å². The van der Waals surface area contributed by atoms with Gasteiger partial charge < -0.3 is 15.2 Å². The maximum Gasteiger partial charge on any atom is 0.141 e. The first-order valence-electron chi connectivity index (χ1n) is 7.64. The number of imidazole rings is 1. The molecule has 0 aliphatic heterocycles. The number of nitrogens with one attached hydrogen (secondary N) is 1. The molecule has 0 amide bonds. The minimum atomic E-state index is -0.0603. The zero-order valence-electron chi connectivity index (χ0n) is 13.5. The van der Waals surface area contributed by atoms with Gasteiger partial charge in [-0.05, 0) is 43.9 Å². The number of nitrogens with two attached hydrogens (primary N) is 1. The summed E-state index contributed by atoms with van der Waals surface area (Å²) < 4.78 is 5.25. The highest BCUT2D eigenvalue weighted by Crippen LogP contribution is 2.29. The van der Waals surface area contributed by atoms with Crippen molar-refractivity contribution in [1.82, 2.24) is 15.1 Å². The summed E-state index contributed by atoms with van der Waals surface area (Å²) in [7, 11) is 0. The quantitative estimate of drug-likeness (QED) is 0.766. The van der Waals surface area contributed by atoms with Crippen LogP contribution in [0, 0.1) is 19.8 Å². The number of H-pyrrole nitrogens is 1. The van der Waals surface area contributed by atoms with E-state index in [1.165, 1.54) is 0 Å². The van der Waals surface area contributed by atoms with Crippen LogP contribution in [0.1, 0.15) is 43.6 Å². The Hall–Kier alpha value is -2.14. The van der Waals surface area contributed by atoms with Crippen molar-refractivity contribution in [2.45, 2.75) is 40.2 Å². The molecule has 0 aliphatic carbocycles. The molecule has 0 bridgehead atoms. The van der Waals surface area contributed by atoms with E-state index in [9.17, 15) is 0 Å². The second-order valence-corrected chi connectivity index (χ2v) is 6.29. The molecule has 0 spiro atoms. The maximum atomic E-state index is 6.22. The maximum absolute atomic E-state index is 6.22. The van der Waals surface area contributed by atoms with E-state index >= 15 is 0 Å². The molecule has 0 unspecified atom stereocenters. The van der Waals surface area contributed by atoms with Crippen LogP contribution in [0.2, 0.25) is 0 Å². The fourth-order valence-corrected chi connectivity index (χ4v) is 2.88. The van der Waals surface area contributed by atoms with Crippen LogP contribution in [0.4, 0.5) is 0 Å². The van der Waals surface area contributed by atoms with Crippen molar-refractivity contribution in [3.63, 3.8) is 0 Å². The zero-order chi connectivity index (χ0) is 15.9. The highest BCUT2D eigenvalue weighted by Gasteiger charge is 2.15. The van der Waals surface area contributed by atoms with E-state index in [-0.39, 0.29) is 6.04 Å². The largest absolute Gasteiger partial charge is 0.361 e. The van der Waals surface area contributed by atoms with Crippen LogP contribution in [-0.4, -0.2) is 15.1 Å². The number of rotatable bonds is 4. The number of hydrogen-bond acceptors (Lipinski definition) is 4. The van der Waals surface area contributed by atoms with Crippen molar-refractivity contribution in [2.75, 3.05) is 0 Å². The van der Waals surface area contributed by atoms with E-state index in [4.69, 9.17) is 10.3 Å². The van der Waals surface area contributed by atoms with E-state index in [1.54, 1.807) is 0 Å². The highest BCUT2D eigenvalue weighted by molar-refractivity contribution is 5.83. The average molecular weight is 298 g/mol. The minimum absolute atomic E-state index is 0.0603. The lowest BCUT2D eigenvalue weighted by Gasteiger charge is -2.10. The van der Waals surface area contributed by atoms with E-state index in [1.807, 2.05) is 26.0 Å². The number of hydrogen-bond donors (Lipinski definition) is 2. The summed E-state index contributed by atoms with van der Waals surface area (Å²) in [6.07, 6.45) is 0.913. The molecule has 3 N–H and O–H groups in total. The second kappa shape index (κ2) is 5.57. The zero-order valence-corrected chi connectivity index (χ0v) is 13.5. The summed E-state index contributed by atoms with van der Waals surface area (Å²) in [4.78, 5) is 7.97. The fourth-order valence-electron chi connectivity index (χ4n) is 2.88. The predicted molar refractivity (Wildman–Crippen MR) is 87.4 cm³/mol. The molecule has 5 nitrogen and oxygen atoms in total. The summed E-state index contributed by atoms with van der Waals surface area (Å²) in [5.74, 6) is 2.22. The number of fused-ring (bicyclic) bond motifs is 1. The SMILES string of the molecule is Cc1noc(C)c1-c1ccc2nc([C@H](N)CC(C)C)[nH]c2c1. The van der Waals surface area contributed by atoms with Gasteiger partial charge in [0, 0.05) is 5.56 Å². The van der Waals surface area contributed by atoms with Crippen LogP contribution < -0.4 is 5.73 Å². The molecule has 0 fully saturated rings. The number of benzene rings is 1. The Balaban J connectivity index is 2.00. The van der Waals surface area contributed by atoms with Crippen molar-refractivity contribution in [2.24, 2.45) is 11.7 Å². The highest BCUT2D eigenvalue weighted by atomic mass is 16.5. The molecule has 5 heteroatoms. The normalized spacial score (nSPS) is 13.2. The molecule has 22 heavy (non-hydrogen) atoms. The first-order valence-corrected chi connectivity index (χ1v) is 7.64. The third-order valence-corrected chi connectivity index (χ3v) is 3.90. The van der Waals surface area contributed by atoms with Gasteiger partial charge in [-0.3, -0.25) is 0 Å². The van der Waals surface area contributed by atoms with Gasteiger partial charge in [0.15, 0.2) is 0 Å². The Morgan fingerprint density at radius 1 is 1.27 bits per heavy atom. The summed E-state index contributed by atoms with van der Waals surface area (Å²) in [5.41, 5.74) is 11.2. The van der Waals surface area contributed by atoms with Crippen LogP contribution in [0.3, 0.4) is 0 Å². The molecule has 2 heterocycles. The molecule has 0 saturated heterocycles. The molecule has 0 aliphatic rings. The number of aromatic nitrogens is 3. The van der Waals surface area contributed by atoms with Gasteiger partial charge in [0.1, 0.15) is 11.6 Å². The first-order chi connectivity index (χ1) is 10.5. The molecule has 0 radical (unpaired) electrons. The van der Waals surface area contributed by atoms with Crippen LogP contribution >= 0.6 is 0 Å². The summed E-state index contributed by atoms with van der Waals surface area (Å²) in [6.45, 7) is 8.21. The lowest BCUT2D eigenvalue weighted by molar-refractivity contribution is 0.393. The monoisotopic (exact) mass is 298 g/mol. The summed E-state index contributed by atoms with van der Waals surface area (Å²) in [6, 6.07) is 6.09. The topological polar surface area (TPSA) is 80.7 Å². The number of aromatic amines is 1. The third kappa shape index (κ3) is 2.64. The second-order valence-electron chi connectivity index (χ2n) is 6.29. The van der Waals surface area contributed by atoms with Crippen molar-refractivity contribution in [3.05, 3.63) is 35.5 Å². The van der Waals surface area contributed by atoms with Gasteiger partial charge in [0.2, 0.25) is 0 Å². The molecule has 116 valence electrons. The molecule has 3 aromatic rings. The lowest BCUT2D eigenvalue weighted by atomic mass is 10.0. The van der Waals surface area contributed by atoms with E-state index in [0.29, 0.717) is 5.92 Å². The summed E-state index contributed by atoms with van der Waals surface area (Å²) in [5, 5.41) is 4.02. The van der Waals surface area contributed by atoms with Crippen molar-refractivity contribution < 1.29 is 4.52 Å². The van der Waals surface area contributed by atoms with Gasteiger partial charge in [-0.1, -0.05) is 25.1 Å². The van der Waals surface area contributed by atoms with E-state index in [0.717, 1.165) is 45.9 Å². The number of nitrogens with zero attached hydrogens (tertiary/aromatic N) is 2. The van der Waals surface area contributed by atoms with Crippen molar-refractivity contribution in [1.29, 1.82) is 0 Å². The van der Waals surface area contributed by atoms with Gasteiger partial charge in [-0.15, -0.1) is 0 Å². The van der Waals surface area contributed by atoms with Crippen LogP contribution in [-0.2, 0) is 0 Å². The minimum Gasteiger partial charge on any atom is -0.361 e. The smallest absolute Gasteiger partial charge is 0.141 e. The molecule has 1 atom stereocenters. The molecular weight excluding hydrogens is 276 g/mol. The lowest BCUT2D eigenvalue weighted by Crippen LogP contribution is -2.14. The van der Waals surface area contributed by atoms with E-state index in [2.05, 4.69) is 35.0 Å². The Bertz CT molecular complexity index is 781. The van der Waals surface area contributed by atoms with Crippen molar-refractivity contribution in [3.8, 4) is 11.1 Å². The molecule has 1 aromatic carbocycles. The van der Waals surface area contributed by atoms with E-state index < -0.39 is 0 Å². The number of aryl methyl sites for hydroxylation is 2. The standard InChI is InChI=1S/C17H22N4O/c1-9(2)7-13(18)17-19-14-6-5-12(8-15(14)20-17)16-10(3)21-22-11(16)4/h5-6,8-9,13H,7,18H2,1-4H3,(H,19,20)/t13-/m1/s1. The third-order valence-electron chi connectivity index (χ3n) is 3.90. The Morgan fingerprint density at radius 2 is 2.05 bits per heavy atom. The molecular formula is C17H22N4O. The molecule has 0 saturated carbocycles. The summed E-state index contributed by atoms with van der Waals surface area (Å²) >= 11 is 0. The van der Waals surface area contributed by atoms with Crippen molar-refractivity contribution >= 4 is 11.0 Å². The van der Waals surface area contributed by atoms with Crippen LogP contribution in [0.25, 0.3) is 22.2 Å². The van der Waals surface area contributed by atoms with Gasteiger partial charge >= 0.3 is 0 Å². The van der Waals surface area contributed by atoms with Gasteiger partial charge in [-0.2, -0.15) is 0 Å². The first kappa shape index (κ1) is 14.8. The van der Waals surface area contributed by atoms with Gasteiger partial charge in [0.25, 0.3) is 0 Å². The Morgan fingerprint density at radius 3 is 2.68 bits per heavy atom. The Kier molecular flexibility index (Phi) is 3.74.